The van der Waals surface area contributed by atoms with Crippen LogP contribution in [0.4, 0.5) is 13.2 Å². The van der Waals surface area contributed by atoms with Crippen LogP contribution in [0.3, 0.4) is 0 Å². The van der Waals surface area contributed by atoms with Crippen molar-refractivity contribution in [1.29, 1.82) is 0 Å². The molecule has 0 aromatic rings. The summed E-state index contributed by atoms with van der Waals surface area (Å²) in [5.41, 5.74) is -0.748. The van der Waals surface area contributed by atoms with Crippen molar-refractivity contribution in [2.45, 2.75) is 31.0 Å². The molecule has 1 aliphatic heterocycles. The molecule has 1 N–H and O–H groups in total. The van der Waals surface area contributed by atoms with E-state index >= 15 is 0 Å². The van der Waals surface area contributed by atoms with Crippen LogP contribution in [-0.2, 0) is 9.53 Å². The Labute approximate surface area is 96.3 Å². The molecule has 0 spiro atoms. The highest BCUT2D eigenvalue weighted by Crippen LogP contribution is 2.24. The number of carbonyl (C=O) groups excluding carboxylic acids is 1. The first-order chi connectivity index (χ1) is 7.37. The molecule has 0 radical (unpaired) electrons. The zero-order valence-electron chi connectivity index (χ0n) is 8.57. The van der Waals surface area contributed by atoms with Gasteiger partial charge in [-0.15, -0.1) is 11.6 Å². The molecule has 0 unspecified atom stereocenters. The summed E-state index contributed by atoms with van der Waals surface area (Å²) in [5, 5.41) is 2.37. The van der Waals surface area contributed by atoms with Crippen LogP contribution in [0.25, 0.3) is 0 Å². The van der Waals surface area contributed by atoms with Gasteiger partial charge in [-0.3, -0.25) is 4.79 Å². The van der Waals surface area contributed by atoms with Crippen LogP contribution in [0.1, 0.15) is 19.3 Å². The molecule has 0 aliphatic carbocycles. The fourth-order valence-corrected chi connectivity index (χ4v) is 1.91. The van der Waals surface area contributed by atoms with E-state index in [9.17, 15) is 18.0 Å². The topological polar surface area (TPSA) is 38.3 Å². The third kappa shape index (κ3) is 4.17. The molecule has 1 aliphatic rings. The van der Waals surface area contributed by atoms with Crippen molar-refractivity contribution in [3.8, 4) is 0 Å². The van der Waals surface area contributed by atoms with Crippen LogP contribution in [0.5, 0.6) is 0 Å². The van der Waals surface area contributed by atoms with Gasteiger partial charge in [0, 0.05) is 19.1 Å². The first-order valence-corrected chi connectivity index (χ1v) is 5.42. The molecular formula is C9H13ClF3NO2. The number of nitrogens with one attached hydrogen (secondary N) is 1. The summed E-state index contributed by atoms with van der Waals surface area (Å²) in [6, 6.07) is 0. The minimum Gasteiger partial charge on any atom is -0.381 e. The summed E-state index contributed by atoms with van der Waals surface area (Å²) in [5.74, 6) is -0.935. The maximum absolute atomic E-state index is 12.0. The number of hydrogen-bond acceptors (Lipinski definition) is 2. The first-order valence-electron chi connectivity index (χ1n) is 4.88. The first kappa shape index (κ1) is 13.6. The van der Waals surface area contributed by atoms with E-state index in [0.717, 1.165) is 0 Å². The number of ether oxygens (including phenoxy) is 1. The summed E-state index contributed by atoms with van der Waals surface area (Å²) in [6.45, 7) is 0.804. The maximum atomic E-state index is 12.0. The zero-order valence-corrected chi connectivity index (χ0v) is 9.33. The Morgan fingerprint density at radius 2 is 1.94 bits per heavy atom. The summed E-state index contributed by atoms with van der Waals surface area (Å²) in [6.07, 6.45) is -5.06. The monoisotopic (exact) mass is 259 g/mol. The lowest BCUT2D eigenvalue weighted by atomic mass is 9.92. The van der Waals surface area contributed by atoms with Crippen molar-refractivity contribution in [2.75, 3.05) is 19.1 Å². The van der Waals surface area contributed by atoms with E-state index in [-0.39, 0.29) is 5.88 Å². The molecule has 3 nitrogen and oxygen atoms in total. The molecule has 94 valence electrons. The fraction of sp³-hybridized carbons (Fsp3) is 0.889. The van der Waals surface area contributed by atoms with Crippen LogP contribution in [0, 0.1) is 0 Å². The Morgan fingerprint density at radius 3 is 2.38 bits per heavy atom. The molecule has 7 heteroatoms. The average Bonchev–Trinajstić information content (AvgIpc) is 2.16. The van der Waals surface area contributed by atoms with Crippen molar-refractivity contribution in [3.05, 3.63) is 0 Å². The van der Waals surface area contributed by atoms with E-state index in [2.05, 4.69) is 5.32 Å². The highest BCUT2D eigenvalue weighted by atomic mass is 35.5. The lowest BCUT2D eigenvalue weighted by molar-refractivity contribution is -0.155. The van der Waals surface area contributed by atoms with Crippen LogP contribution in [0.15, 0.2) is 0 Å². The minimum atomic E-state index is -4.48. The number of rotatable bonds is 3. The van der Waals surface area contributed by atoms with E-state index in [1.54, 1.807) is 0 Å². The van der Waals surface area contributed by atoms with Gasteiger partial charge in [-0.1, -0.05) is 0 Å². The smallest absolute Gasteiger partial charge is 0.381 e. The van der Waals surface area contributed by atoms with Gasteiger partial charge in [-0.2, -0.15) is 13.2 Å². The highest BCUT2D eigenvalue weighted by Gasteiger charge is 2.37. The lowest BCUT2D eigenvalue weighted by Crippen LogP contribution is -2.54. The fourth-order valence-electron chi connectivity index (χ4n) is 1.58. The molecule has 0 aromatic carbocycles. The summed E-state index contributed by atoms with van der Waals surface area (Å²) < 4.78 is 41.0. The van der Waals surface area contributed by atoms with Gasteiger partial charge in [0.05, 0.1) is 5.54 Å². The zero-order chi connectivity index (χ0) is 12.2. The molecule has 16 heavy (non-hydrogen) atoms. The van der Waals surface area contributed by atoms with Crippen LogP contribution in [-0.4, -0.2) is 36.7 Å². The molecule has 0 saturated carbocycles. The summed E-state index contributed by atoms with van der Waals surface area (Å²) >= 11 is 5.70. The van der Waals surface area contributed by atoms with E-state index in [4.69, 9.17) is 16.3 Å². The lowest BCUT2D eigenvalue weighted by Gasteiger charge is -2.36. The van der Waals surface area contributed by atoms with E-state index in [1.165, 1.54) is 0 Å². The SMILES string of the molecule is O=C(CC(F)(F)F)NC1(CCl)CCOCC1. The van der Waals surface area contributed by atoms with Crippen molar-refractivity contribution in [3.63, 3.8) is 0 Å². The molecule has 1 fully saturated rings. The largest absolute Gasteiger partial charge is 0.397 e. The average molecular weight is 260 g/mol. The number of hydrogen-bond donors (Lipinski definition) is 1. The molecule has 1 amide bonds. The number of amides is 1. The molecule has 1 saturated heterocycles. The third-order valence-corrected chi connectivity index (χ3v) is 2.98. The number of halogens is 4. The Morgan fingerprint density at radius 1 is 1.38 bits per heavy atom. The summed E-state index contributed by atoms with van der Waals surface area (Å²) in [4.78, 5) is 11.2. The van der Waals surface area contributed by atoms with E-state index in [1.807, 2.05) is 0 Å². The normalized spacial score (nSPS) is 20.5. The Hall–Kier alpha value is -0.490. The van der Waals surface area contributed by atoms with Crippen molar-refractivity contribution in [2.24, 2.45) is 0 Å². The molecule has 1 rings (SSSR count). The molecular weight excluding hydrogens is 247 g/mol. The van der Waals surface area contributed by atoms with Gasteiger partial charge in [0.15, 0.2) is 0 Å². The molecule has 1 heterocycles. The van der Waals surface area contributed by atoms with Gasteiger partial charge in [-0.05, 0) is 12.8 Å². The minimum absolute atomic E-state index is 0.0972. The van der Waals surface area contributed by atoms with Crippen LogP contribution >= 0.6 is 11.6 Å². The predicted octanol–water partition coefficient (Wildman–Crippen LogP) is 1.84. The van der Waals surface area contributed by atoms with Crippen molar-refractivity contribution >= 4 is 17.5 Å². The second-order valence-electron chi connectivity index (χ2n) is 3.87. The Bertz CT molecular complexity index is 252. The van der Waals surface area contributed by atoms with Gasteiger partial charge in [0.2, 0.25) is 5.91 Å². The van der Waals surface area contributed by atoms with E-state index in [0.29, 0.717) is 26.1 Å². The predicted molar refractivity (Wildman–Crippen MR) is 52.3 cm³/mol. The van der Waals surface area contributed by atoms with Crippen molar-refractivity contribution < 1.29 is 22.7 Å². The van der Waals surface area contributed by atoms with Crippen LogP contribution in [0.2, 0.25) is 0 Å². The van der Waals surface area contributed by atoms with E-state index < -0.39 is 24.0 Å². The standard InChI is InChI=1S/C9H13ClF3NO2/c10-6-8(1-3-16-4-2-8)14-7(15)5-9(11,12)13/h1-6H2,(H,14,15). The van der Waals surface area contributed by atoms with Gasteiger partial charge >= 0.3 is 6.18 Å². The molecule has 0 atom stereocenters. The van der Waals surface area contributed by atoms with Gasteiger partial charge < -0.3 is 10.1 Å². The van der Waals surface area contributed by atoms with Gasteiger partial charge in [-0.25, -0.2) is 0 Å². The second-order valence-corrected chi connectivity index (χ2v) is 4.13. The maximum Gasteiger partial charge on any atom is 0.397 e. The Balaban J connectivity index is 2.52. The molecule has 0 aromatic heterocycles. The quantitative estimate of drug-likeness (QED) is 0.786. The van der Waals surface area contributed by atoms with Gasteiger partial charge in [0.25, 0.3) is 0 Å². The third-order valence-electron chi connectivity index (χ3n) is 2.47. The van der Waals surface area contributed by atoms with Crippen molar-refractivity contribution in [1.82, 2.24) is 5.32 Å². The Kier molecular flexibility index (Phi) is 4.43. The molecule has 0 bridgehead atoms. The summed E-state index contributed by atoms with van der Waals surface area (Å²) in [7, 11) is 0. The number of carbonyl (C=O) groups is 1. The van der Waals surface area contributed by atoms with Gasteiger partial charge in [0.1, 0.15) is 6.42 Å². The second kappa shape index (κ2) is 5.23. The number of alkyl halides is 4. The van der Waals surface area contributed by atoms with Crippen LogP contribution < -0.4 is 5.32 Å². The highest BCUT2D eigenvalue weighted by molar-refractivity contribution is 6.18.